The molecule has 4 fully saturated rings. The molecule has 11 atom stereocenters. The highest BCUT2D eigenvalue weighted by atomic mass is 16.5. The van der Waals surface area contributed by atoms with E-state index in [1.54, 1.807) is 0 Å². The van der Waals surface area contributed by atoms with Crippen molar-refractivity contribution in [2.75, 3.05) is 13.7 Å². The summed E-state index contributed by atoms with van der Waals surface area (Å²) in [6, 6.07) is 0. The number of esters is 1. The molecular weight excluding hydrogens is 452 g/mol. The van der Waals surface area contributed by atoms with Gasteiger partial charge in [-0.3, -0.25) is 9.59 Å². The van der Waals surface area contributed by atoms with Crippen LogP contribution < -0.4 is 0 Å². The van der Waals surface area contributed by atoms with Gasteiger partial charge in [0.05, 0.1) is 31.2 Å². The second-order valence-corrected chi connectivity index (χ2v) is 14.5. The second kappa shape index (κ2) is 8.15. The SMILES string of the molecule is COC(=O)[C@@H]1C[C@H](O)[C@]2(C)CC[C@]3(C)C(=CC[C@@H]4[C@@]5(C)CCC(=O)[C@@](C)(CO)[C@@H]5CC[C@]43C)[C@@H]2[C@H]1C. The molecule has 4 saturated carbocycles. The summed E-state index contributed by atoms with van der Waals surface area (Å²) in [7, 11) is 1.46. The van der Waals surface area contributed by atoms with Crippen molar-refractivity contribution in [3.63, 3.8) is 0 Å². The lowest BCUT2D eigenvalue weighted by Gasteiger charge is -2.71. The number of aliphatic hydroxyl groups is 2. The molecule has 202 valence electrons. The van der Waals surface area contributed by atoms with E-state index in [1.165, 1.54) is 12.7 Å². The number of Topliss-reactive ketones (excluding diaryl/α,β-unsaturated/α-hetero) is 1. The maximum Gasteiger partial charge on any atom is 0.309 e. The summed E-state index contributed by atoms with van der Waals surface area (Å²) >= 11 is 0. The molecule has 0 aromatic carbocycles. The van der Waals surface area contributed by atoms with Crippen molar-refractivity contribution in [1.29, 1.82) is 0 Å². The van der Waals surface area contributed by atoms with Crippen molar-refractivity contribution in [3.8, 4) is 0 Å². The zero-order valence-corrected chi connectivity index (χ0v) is 23.5. The maximum absolute atomic E-state index is 13.0. The van der Waals surface area contributed by atoms with Gasteiger partial charge in [0, 0.05) is 11.8 Å². The predicted molar refractivity (Wildman–Crippen MR) is 139 cm³/mol. The standard InChI is InChI=1S/C31H48O5/c1-18-19(26(35)36-7)16-24(34)28(3)14-15-30(5)20(25(18)28)8-9-22-27(2)12-11-23(33)29(4,17-32)21(27)10-13-31(22,30)6/h8,18-19,21-22,24-25,32,34H,9-17H2,1-7H3/t18-,19+,21+,22+,24-,25-,27-,28-,29-,30+,31+/m0/s1. The van der Waals surface area contributed by atoms with Crippen molar-refractivity contribution in [2.45, 2.75) is 99.0 Å². The number of ketones is 1. The molecule has 0 heterocycles. The average molecular weight is 501 g/mol. The summed E-state index contributed by atoms with van der Waals surface area (Å²) in [6.07, 6.45) is 8.94. The number of allylic oxidation sites excluding steroid dienone is 2. The first kappa shape index (κ1) is 26.4. The topological polar surface area (TPSA) is 83.8 Å². The molecule has 5 nitrogen and oxygen atoms in total. The number of ether oxygens (including phenoxy) is 1. The van der Waals surface area contributed by atoms with E-state index in [1.807, 2.05) is 6.92 Å². The van der Waals surface area contributed by atoms with Crippen LogP contribution in [0.1, 0.15) is 92.9 Å². The summed E-state index contributed by atoms with van der Waals surface area (Å²) in [5.74, 6) is 0.694. The van der Waals surface area contributed by atoms with E-state index in [2.05, 4.69) is 40.7 Å². The minimum atomic E-state index is -0.639. The number of carbonyl (C=O) groups excluding carboxylic acids is 2. The fourth-order valence-corrected chi connectivity index (χ4v) is 11.0. The highest BCUT2D eigenvalue weighted by molar-refractivity contribution is 5.86. The number of methoxy groups -OCH3 is 1. The molecule has 5 rings (SSSR count). The molecule has 5 heteroatoms. The molecule has 0 radical (unpaired) electrons. The fourth-order valence-electron chi connectivity index (χ4n) is 11.0. The monoisotopic (exact) mass is 500 g/mol. The third kappa shape index (κ3) is 3.02. The number of carbonyl (C=O) groups is 2. The Morgan fingerprint density at radius 2 is 1.75 bits per heavy atom. The smallest absolute Gasteiger partial charge is 0.309 e. The van der Waals surface area contributed by atoms with E-state index in [0.717, 1.165) is 38.5 Å². The van der Waals surface area contributed by atoms with Gasteiger partial charge in [-0.1, -0.05) is 53.2 Å². The quantitative estimate of drug-likeness (QED) is 0.396. The molecule has 0 spiro atoms. The van der Waals surface area contributed by atoms with E-state index in [9.17, 15) is 19.8 Å². The van der Waals surface area contributed by atoms with Gasteiger partial charge < -0.3 is 14.9 Å². The number of rotatable bonds is 2. The zero-order valence-electron chi connectivity index (χ0n) is 23.5. The van der Waals surface area contributed by atoms with Crippen LogP contribution in [0.25, 0.3) is 0 Å². The Morgan fingerprint density at radius 3 is 2.39 bits per heavy atom. The summed E-state index contributed by atoms with van der Waals surface area (Å²) in [6.45, 7) is 13.8. The predicted octanol–water partition coefficient (Wildman–Crippen LogP) is 5.33. The van der Waals surface area contributed by atoms with E-state index >= 15 is 0 Å². The van der Waals surface area contributed by atoms with Gasteiger partial charge in [0.15, 0.2) is 0 Å². The van der Waals surface area contributed by atoms with E-state index < -0.39 is 11.5 Å². The molecule has 0 unspecified atom stereocenters. The Hall–Kier alpha value is -1.20. The van der Waals surface area contributed by atoms with Gasteiger partial charge in [-0.05, 0) is 84.9 Å². The molecule has 0 aromatic rings. The van der Waals surface area contributed by atoms with Gasteiger partial charge >= 0.3 is 5.97 Å². The Kier molecular flexibility index (Phi) is 5.98. The largest absolute Gasteiger partial charge is 0.469 e. The van der Waals surface area contributed by atoms with Crippen molar-refractivity contribution < 1.29 is 24.5 Å². The Bertz CT molecular complexity index is 987. The zero-order chi connectivity index (χ0) is 26.5. The van der Waals surface area contributed by atoms with E-state index in [-0.39, 0.29) is 63.7 Å². The molecular formula is C31H48O5. The van der Waals surface area contributed by atoms with Crippen LogP contribution in [0.5, 0.6) is 0 Å². The van der Waals surface area contributed by atoms with Crippen LogP contribution in [0.4, 0.5) is 0 Å². The van der Waals surface area contributed by atoms with Crippen LogP contribution in [0.3, 0.4) is 0 Å². The lowest BCUT2D eigenvalue weighted by atomic mass is 9.33. The van der Waals surface area contributed by atoms with Crippen molar-refractivity contribution in [3.05, 3.63) is 11.6 Å². The first-order valence-corrected chi connectivity index (χ1v) is 14.3. The summed E-state index contributed by atoms with van der Waals surface area (Å²) in [4.78, 5) is 25.8. The van der Waals surface area contributed by atoms with Crippen molar-refractivity contribution in [2.24, 2.45) is 56.7 Å². The van der Waals surface area contributed by atoms with Gasteiger partial charge in [0.1, 0.15) is 5.78 Å². The molecule has 0 aliphatic heterocycles. The summed E-state index contributed by atoms with van der Waals surface area (Å²) in [5.41, 5.74) is 0.664. The minimum absolute atomic E-state index is 0.0103. The summed E-state index contributed by atoms with van der Waals surface area (Å²) < 4.78 is 5.18. The van der Waals surface area contributed by atoms with Crippen LogP contribution in [0.15, 0.2) is 11.6 Å². The number of aliphatic hydroxyl groups excluding tert-OH is 2. The lowest BCUT2D eigenvalue weighted by Crippen LogP contribution is -2.66. The molecule has 0 amide bonds. The van der Waals surface area contributed by atoms with Gasteiger partial charge in [-0.2, -0.15) is 0 Å². The van der Waals surface area contributed by atoms with Crippen LogP contribution in [0, 0.1) is 56.7 Å². The second-order valence-electron chi connectivity index (χ2n) is 14.5. The highest BCUT2D eigenvalue weighted by Crippen LogP contribution is 2.75. The third-order valence-electron chi connectivity index (χ3n) is 13.5. The number of hydrogen-bond donors (Lipinski definition) is 2. The van der Waals surface area contributed by atoms with Gasteiger partial charge in [-0.15, -0.1) is 0 Å². The number of fused-ring (bicyclic) bond motifs is 7. The molecule has 0 saturated heterocycles. The molecule has 0 aromatic heterocycles. The van der Waals surface area contributed by atoms with Gasteiger partial charge in [-0.25, -0.2) is 0 Å². The first-order valence-electron chi connectivity index (χ1n) is 14.3. The van der Waals surface area contributed by atoms with Crippen molar-refractivity contribution in [1.82, 2.24) is 0 Å². The summed E-state index contributed by atoms with van der Waals surface area (Å²) in [5, 5.41) is 21.8. The van der Waals surface area contributed by atoms with Crippen LogP contribution in [-0.2, 0) is 14.3 Å². The van der Waals surface area contributed by atoms with Crippen molar-refractivity contribution >= 4 is 11.8 Å². The lowest BCUT2D eigenvalue weighted by molar-refractivity contribution is -0.199. The number of hydrogen-bond acceptors (Lipinski definition) is 5. The van der Waals surface area contributed by atoms with Crippen LogP contribution in [-0.4, -0.2) is 41.8 Å². The first-order chi connectivity index (χ1) is 16.7. The Morgan fingerprint density at radius 1 is 1.06 bits per heavy atom. The molecule has 5 aliphatic rings. The van der Waals surface area contributed by atoms with Gasteiger partial charge in [0.25, 0.3) is 0 Å². The average Bonchev–Trinajstić information content (AvgIpc) is 2.84. The fraction of sp³-hybridized carbons (Fsp3) is 0.871. The minimum Gasteiger partial charge on any atom is -0.469 e. The van der Waals surface area contributed by atoms with Gasteiger partial charge in [0.2, 0.25) is 0 Å². The molecule has 0 bridgehead atoms. The molecule has 36 heavy (non-hydrogen) atoms. The third-order valence-corrected chi connectivity index (χ3v) is 13.5. The van der Waals surface area contributed by atoms with E-state index in [0.29, 0.717) is 18.8 Å². The normalized spacial score (nSPS) is 54.4. The highest BCUT2D eigenvalue weighted by Gasteiger charge is 2.69. The molecule has 5 aliphatic carbocycles. The Balaban J connectivity index is 1.59. The maximum atomic E-state index is 13.0. The molecule has 2 N–H and O–H groups in total. The van der Waals surface area contributed by atoms with E-state index in [4.69, 9.17) is 4.74 Å². The van der Waals surface area contributed by atoms with Crippen LogP contribution >= 0.6 is 0 Å². The van der Waals surface area contributed by atoms with Crippen LogP contribution in [0.2, 0.25) is 0 Å². The Labute approximate surface area is 217 Å².